The Bertz CT molecular complexity index is 899. The van der Waals surface area contributed by atoms with E-state index in [-0.39, 0.29) is 11.6 Å². The van der Waals surface area contributed by atoms with Crippen LogP contribution < -0.4 is 0 Å². The SMILES string of the molecule is CCCC1=Cc2c(ccc(CCC)c2-c2cc(C(F)(F)F)cc(C(F)(F)F)c2)[CH]1. The van der Waals surface area contributed by atoms with Crippen molar-refractivity contribution in [3.05, 3.63) is 70.1 Å². The van der Waals surface area contributed by atoms with E-state index >= 15 is 0 Å². The topological polar surface area (TPSA) is 0 Å². The van der Waals surface area contributed by atoms with Crippen molar-refractivity contribution in [3.63, 3.8) is 0 Å². The summed E-state index contributed by atoms with van der Waals surface area (Å²) in [6.45, 7) is 3.94. The second-order valence-corrected chi connectivity index (χ2v) is 7.26. The number of hydrogen-bond acceptors (Lipinski definition) is 0. The van der Waals surface area contributed by atoms with Crippen molar-refractivity contribution < 1.29 is 26.3 Å². The smallest absolute Gasteiger partial charge is 0.166 e. The van der Waals surface area contributed by atoms with Crippen LogP contribution in [0, 0.1) is 6.42 Å². The largest absolute Gasteiger partial charge is 0.416 e. The van der Waals surface area contributed by atoms with Crippen LogP contribution in [0.2, 0.25) is 0 Å². The Labute approximate surface area is 166 Å². The lowest BCUT2D eigenvalue weighted by Gasteiger charge is -2.18. The van der Waals surface area contributed by atoms with Crippen molar-refractivity contribution >= 4 is 6.08 Å². The zero-order valence-corrected chi connectivity index (χ0v) is 16.1. The maximum atomic E-state index is 13.4. The van der Waals surface area contributed by atoms with E-state index in [1.54, 1.807) is 0 Å². The second kappa shape index (κ2) is 7.88. The molecule has 1 radical (unpaired) electrons. The molecule has 0 N–H and O–H groups in total. The average molecular weight is 411 g/mol. The Morgan fingerprint density at radius 2 is 1.34 bits per heavy atom. The van der Waals surface area contributed by atoms with Crippen LogP contribution in [-0.2, 0) is 18.8 Å². The standard InChI is InChI=1S/C23H21F6/c1-3-5-14-9-16-8-7-15(6-4-2)21(20(16)10-14)17-11-18(22(24,25)26)13-19(12-17)23(27,28)29/h7-13H,3-6H2,1-2H3. The van der Waals surface area contributed by atoms with Crippen LogP contribution in [0.15, 0.2) is 35.9 Å². The van der Waals surface area contributed by atoms with Gasteiger partial charge in [-0.2, -0.15) is 26.3 Å². The number of allylic oxidation sites excluding steroid dienone is 1. The van der Waals surface area contributed by atoms with Gasteiger partial charge in [-0.05, 0) is 58.9 Å². The lowest BCUT2D eigenvalue weighted by molar-refractivity contribution is -0.143. The summed E-state index contributed by atoms with van der Waals surface area (Å²) in [7, 11) is 0. The number of halogens is 6. The molecule has 3 rings (SSSR count). The van der Waals surface area contributed by atoms with Gasteiger partial charge in [-0.3, -0.25) is 0 Å². The fourth-order valence-electron chi connectivity index (χ4n) is 3.74. The predicted octanol–water partition coefficient (Wildman–Crippen LogP) is 8.09. The van der Waals surface area contributed by atoms with Crippen molar-refractivity contribution in [2.45, 2.75) is 51.9 Å². The molecule has 6 heteroatoms. The average Bonchev–Trinajstić information content (AvgIpc) is 3.03. The molecule has 0 heterocycles. The van der Waals surface area contributed by atoms with E-state index in [1.165, 1.54) is 0 Å². The fourth-order valence-corrected chi connectivity index (χ4v) is 3.74. The Hall–Kier alpha value is -2.24. The second-order valence-electron chi connectivity index (χ2n) is 7.26. The minimum absolute atomic E-state index is 0.0464. The molecule has 0 saturated heterocycles. The molecule has 0 fully saturated rings. The van der Waals surface area contributed by atoms with Crippen LogP contribution in [0.5, 0.6) is 0 Å². The number of rotatable bonds is 5. The molecular formula is C23H21F6. The normalized spacial score (nSPS) is 14.1. The Morgan fingerprint density at radius 3 is 1.86 bits per heavy atom. The first-order valence-corrected chi connectivity index (χ1v) is 9.55. The van der Waals surface area contributed by atoms with Crippen molar-refractivity contribution in [2.75, 3.05) is 0 Å². The number of aryl methyl sites for hydroxylation is 1. The first-order chi connectivity index (χ1) is 13.5. The number of benzene rings is 2. The highest BCUT2D eigenvalue weighted by Crippen LogP contribution is 2.43. The molecule has 0 saturated carbocycles. The van der Waals surface area contributed by atoms with E-state index in [4.69, 9.17) is 0 Å². The predicted molar refractivity (Wildman–Crippen MR) is 102 cm³/mol. The van der Waals surface area contributed by atoms with Crippen molar-refractivity contribution in [3.8, 4) is 11.1 Å². The summed E-state index contributed by atoms with van der Waals surface area (Å²) in [5, 5.41) is 0. The van der Waals surface area contributed by atoms with E-state index < -0.39 is 23.5 Å². The summed E-state index contributed by atoms with van der Waals surface area (Å²) in [5.41, 5.74) is 1.14. The molecule has 0 amide bonds. The molecule has 2 aromatic rings. The van der Waals surface area contributed by atoms with Crippen LogP contribution in [-0.4, -0.2) is 0 Å². The van der Waals surface area contributed by atoms with E-state index in [0.29, 0.717) is 17.5 Å². The minimum atomic E-state index is -4.87. The van der Waals surface area contributed by atoms with Gasteiger partial charge in [0, 0.05) is 6.42 Å². The van der Waals surface area contributed by atoms with E-state index in [1.807, 2.05) is 38.5 Å². The Kier molecular flexibility index (Phi) is 5.84. The number of hydrogen-bond donors (Lipinski definition) is 0. The summed E-state index contributed by atoms with van der Waals surface area (Å²) in [6, 6.07) is 5.54. The van der Waals surface area contributed by atoms with Gasteiger partial charge in [0.1, 0.15) is 0 Å². The molecule has 29 heavy (non-hydrogen) atoms. The quantitative estimate of drug-likeness (QED) is 0.436. The summed E-state index contributed by atoms with van der Waals surface area (Å²) in [5.74, 6) is 0. The molecule has 0 unspecified atom stereocenters. The van der Waals surface area contributed by atoms with Gasteiger partial charge in [-0.25, -0.2) is 0 Å². The molecule has 0 bridgehead atoms. The number of alkyl halides is 6. The highest BCUT2D eigenvalue weighted by Gasteiger charge is 2.37. The van der Waals surface area contributed by atoms with Gasteiger partial charge in [0.25, 0.3) is 0 Å². The molecule has 1 aliphatic carbocycles. The molecule has 155 valence electrons. The van der Waals surface area contributed by atoms with Gasteiger partial charge in [0.15, 0.2) is 0 Å². The monoisotopic (exact) mass is 411 g/mol. The lowest BCUT2D eigenvalue weighted by atomic mass is 9.88. The van der Waals surface area contributed by atoms with Gasteiger partial charge >= 0.3 is 12.4 Å². The maximum absolute atomic E-state index is 13.4. The Balaban J connectivity index is 2.29. The summed E-state index contributed by atoms with van der Waals surface area (Å²) >= 11 is 0. The molecule has 0 nitrogen and oxygen atoms in total. The van der Waals surface area contributed by atoms with E-state index in [9.17, 15) is 26.3 Å². The first kappa shape index (κ1) is 21.5. The van der Waals surface area contributed by atoms with Crippen LogP contribution in [0.4, 0.5) is 26.3 Å². The van der Waals surface area contributed by atoms with E-state index in [0.717, 1.165) is 48.1 Å². The zero-order valence-electron chi connectivity index (χ0n) is 16.1. The highest BCUT2D eigenvalue weighted by atomic mass is 19.4. The third kappa shape index (κ3) is 4.51. The number of fused-ring (bicyclic) bond motifs is 1. The molecule has 0 aromatic heterocycles. The minimum Gasteiger partial charge on any atom is -0.166 e. The molecule has 1 aliphatic rings. The third-order valence-electron chi connectivity index (χ3n) is 4.97. The van der Waals surface area contributed by atoms with Gasteiger partial charge < -0.3 is 0 Å². The third-order valence-corrected chi connectivity index (χ3v) is 4.97. The van der Waals surface area contributed by atoms with Gasteiger partial charge in [0.05, 0.1) is 11.1 Å². The van der Waals surface area contributed by atoms with Crippen molar-refractivity contribution in [1.82, 2.24) is 0 Å². The Morgan fingerprint density at radius 1 is 0.759 bits per heavy atom. The molecule has 0 spiro atoms. The van der Waals surface area contributed by atoms with Crippen molar-refractivity contribution in [1.29, 1.82) is 0 Å². The maximum Gasteiger partial charge on any atom is 0.416 e. The van der Waals surface area contributed by atoms with Crippen LogP contribution in [0.3, 0.4) is 0 Å². The summed E-state index contributed by atoms with van der Waals surface area (Å²) < 4.78 is 80.1. The van der Waals surface area contributed by atoms with Gasteiger partial charge in [0.2, 0.25) is 0 Å². The van der Waals surface area contributed by atoms with Crippen LogP contribution in [0.1, 0.15) is 60.9 Å². The highest BCUT2D eigenvalue weighted by molar-refractivity contribution is 5.85. The van der Waals surface area contributed by atoms with Crippen LogP contribution >= 0.6 is 0 Å². The fraction of sp³-hybridized carbons (Fsp3) is 0.348. The summed E-state index contributed by atoms with van der Waals surface area (Å²) in [6.07, 6.45) is -2.90. The zero-order chi connectivity index (χ0) is 21.4. The van der Waals surface area contributed by atoms with Crippen molar-refractivity contribution in [2.24, 2.45) is 0 Å². The lowest BCUT2D eigenvalue weighted by Crippen LogP contribution is -2.11. The van der Waals surface area contributed by atoms with Crippen LogP contribution in [0.25, 0.3) is 17.2 Å². The van der Waals surface area contributed by atoms with E-state index in [2.05, 4.69) is 0 Å². The molecule has 0 aliphatic heterocycles. The molecular weight excluding hydrogens is 390 g/mol. The van der Waals surface area contributed by atoms with Gasteiger partial charge in [-0.1, -0.05) is 50.5 Å². The molecule has 0 atom stereocenters. The molecule has 2 aromatic carbocycles. The van der Waals surface area contributed by atoms with Gasteiger partial charge in [-0.15, -0.1) is 0 Å². The first-order valence-electron chi connectivity index (χ1n) is 9.55. The summed E-state index contributed by atoms with van der Waals surface area (Å²) in [4.78, 5) is 0.